The molecule has 4 nitrogen and oxygen atoms in total. The van der Waals surface area contributed by atoms with Crippen molar-refractivity contribution in [2.45, 2.75) is 13.8 Å². The number of hydrogen-bond acceptors (Lipinski definition) is 3. The molecule has 5 aromatic rings. The van der Waals surface area contributed by atoms with Gasteiger partial charge in [-0.25, -0.2) is 9.67 Å². The molecule has 0 spiro atoms. The number of aryl methyl sites for hydroxylation is 2. The zero-order chi connectivity index (χ0) is 17.1. The van der Waals surface area contributed by atoms with E-state index in [2.05, 4.69) is 19.1 Å². The molecule has 0 N–H and O–H groups in total. The Hall–Kier alpha value is -2.92. The number of benzene rings is 2. The second-order valence-corrected chi connectivity index (χ2v) is 7.27. The fraction of sp³-hybridized carbons (Fsp3) is 0.100. The fourth-order valence-corrected chi connectivity index (χ4v) is 4.15. The molecule has 0 saturated heterocycles. The highest BCUT2D eigenvalue weighted by Crippen LogP contribution is 2.29. The Bertz CT molecular complexity index is 1320. The second kappa shape index (κ2) is 5.04. The molecule has 0 radical (unpaired) electrons. The average molecular weight is 345 g/mol. The summed E-state index contributed by atoms with van der Waals surface area (Å²) in [5, 5.41) is 2.69. The minimum atomic E-state index is -0.0346. The van der Waals surface area contributed by atoms with E-state index in [1.807, 2.05) is 53.4 Å². The highest BCUT2D eigenvalue weighted by molar-refractivity contribution is 7.18. The van der Waals surface area contributed by atoms with Gasteiger partial charge in [-0.15, -0.1) is 11.3 Å². The zero-order valence-corrected chi connectivity index (χ0v) is 14.7. The third kappa shape index (κ3) is 1.99. The van der Waals surface area contributed by atoms with Crippen LogP contribution in [0.25, 0.3) is 32.5 Å². The Morgan fingerprint density at radius 2 is 1.72 bits per heavy atom. The van der Waals surface area contributed by atoms with Gasteiger partial charge < -0.3 is 0 Å². The van der Waals surface area contributed by atoms with Crippen LogP contribution in [-0.2, 0) is 0 Å². The topological polar surface area (TPSA) is 39.3 Å². The smallest absolute Gasteiger partial charge is 0.267 e. The first-order valence-corrected chi connectivity index (χ1v) is 9.00. The van der Waals surface area contributed by atoms with Gasteiger partial charge in [-0.1, -0.05) is 29.3 Å². The summed E-state index contributed by atoms with van der Waals surface area (Å²) in [5.41, 5.74) is 5.63. The van der Waals surface area contributed by atoms with Gasteiger partial charge in [0.25, 0.3) is 5.56 Å². The molecule has 2 aromatic carbocycles. The quantitative estimate of drug-likeness (QED) is 0.450. The number of nitrogens with zero attached hydrogens (tertiary/aromatic N) is 3. The van der Waals surface area contributed by atoms with Crippen LogP contribution in [0.4, 0.5) is 0 Å². The van der Waals surface area contributed by atoms with Crippen LogP contribution >= 0.6 is 11.3 Å². The molecule has 0 aliphatic heterocycles. The molecule has 0 aliphatic carbocycles. The van der Waals surface area contributed by atoms with Crippen LogP contribution in [0.15, 0.2) is 58.7 Å². The first-order valence-electron chi connectivity index (χ1n) is 8.12. The van der Waals surface area contributed by atoms with Crippen molar-refractivity contribution >= 4 is 38.1 Å². The monoisotopic (exact) mass is 345 g/mol. The largest absolute Gasteiger partial charge is 0.281 e. The third-order valence-electron chi connectivity index (χ3n) is 4.56. The number of thiophene rings is 1. The van der Waals surface area contributed by atoms with Crippen molar-refractivity contribution in [1.29, 1.82) is 0 Å². The molecular formula is C20H15N3OS. The molecule has 0 fully saturated rings. The van der Waals surface area contributed by atoms with Crippen molar-refractivity contribution in [3.8, 4) is 5.69 Å². The Labute approximate surface area is 147 Å². The molecule has 3 heterocycles. The van der Waals surface area contributed by atoms with Gasteiger partial charge in [0.2, 0.25) is 0 Å². The lowest BCUT2D eigenvalue weighted by molar-refractivity contribution is 0.794. The van der Waals surface area contributed by atoms with Crippen molar-refractivity contribution in [2.75, 3.05) is 0 Å². The number of fused-ring (bicyclic) bond motifs is 4. The summed E-state index contributed by atoms with van der Waals surface area (Å²) in [7, 11) is 0. The van der Waals surface area contributed by atoms with E-state index in [0.29, 0.717) is 11.0 Å². The predicted octanol–water partition coefficient (Wildman–Crippen LogP) is 4.47. The Morgan fingerprint density at radius 1 is 0.960 bits per heavy atom. The van der Waals surface area contributed by atoms with Gasteiger partial charge in [0.1, 0.15) is 0 Å². The first kappa shape index (κ1) is 14.4. The molecule has 0 atom stereocenters. The lowest BCUT2D eigenvalue weighted by Gasteiger charge is -2.09. The summed E-state index contributed by atoms with van der Waals surface area (Å²) < 4.78 is 4.70. The summed E-state index contributed by atoms with van der Waals surface area (Å²) in [6.45, 7) is 4.05. The van der Waals surface area contributed by atoms with Gasteiger partial charge in [-0.3, -0.25) is 4.79 Å². The van der Waals surface area contributed by atoms with Crippen LogP contribution in [0, 0.1) is 13.8 Å². The van der Waals surface area contributed by atoms with Gasteiger partial charge in [0, 0.05) is 0 Å². The van der Waals surface area contributed by atoms with E-state index >= 15 is 0 Å². The number of aromatic nitrogens is 3. The van der Waals surface area contributed by atoms with Crippen molar-refractivity contribution in [3.05, 3.63) is 75.4 Å². The molecule has 5 rings (SSSR count). The van der Waals surface area contributed by atoms with Gasteiger partial charge >= 0.3 is 0 Å². The van der Waals surface area contributed by atoms with Gasteiger partial charge in [-0.05, 0) is 49.6 Å². The minimum Gasteiger partial charge on any atom is -0.267 e. The van der Waals surface area contributed by atoms with Crippen LogP contribution in [0.3, 0.4) is 0 Å². The second-order valence-electron chi connectivity index (χ2n) is 6.36. The van der Waals surface area contributed by atoms with Gasteiger partial charge in [0.05, 0.1) is 26.8 Å². The van der Waals surface area contributed by atoms with E-state index in [0.717, 1.165) is 27.0 Å². The lowest BCUT2D eigenvalue weighted by atomic mass is 10.2. The molecule has 122 valence electrons. The minimum absolute atomic E-state index is 0.0346. The summed E-state index contributed by atoms with van der Waals surface area (Å²) in [6.07, 6.45) is 0. The van der Waals surface area contributed by atoms with E-state index in [-0.39, 0.29) is 5.56 Å². The third-order valence-corrected chi connectivity index (χ3v) is 5.46. The average Bonchev–Trinajstić information content (AvgIpc) is 3.18. The van der Waals surface area contributed by atoms with Crippen molar-refractivity contribution in [3.63, 3.8) is 0 Å². The van der Waals surface area contributed by atoms with Crippen LogP contribution in [0.5, 0.6) is 0 Å². The van der Waals surface area contributed by atoms with Crippen LogP contribution in [0.1, 0.15) is 11.1 Å². The van der Waals surface area contributed by atoms with Crippen LogP contribution in [0.2, 0.25) is 0 Å². The SMILES string of the molecule is Cc1ccc(-n2c3ccsc3c3nc4ccc(C)cc4c(=O)n32)cc1. The van der Waals surface area contributed by atoms with E-state index < -0.39 is 0 Å². The lowest BCUT2D eigenvalue weighted by Crippen LogP contribution is -2.21. The summed E-state index contributed by atoms with van der Waals surface area (Å²) >= 11 is 1.61. The van der Waals surface area contributed by atoms with Crippen molar-refractivity contribution < 1.29 is 0 Å². The summed E-state index contributed by atoms with van der Waals surface area (Å²) in [6, 6.07) is 16.1. The number of hydrogen-bond donors (Lipinski definition) is 0. The maximum absolute atomic E-state index is 13.3. The standard InChI is InChI=1S/C20H15N3OS/c1-12-3-6-14(7-4-12)22-17-9-10-25-18(17)19-21-16-8-5-13(2)11-15(16)20(24)23(19)22/h3-11H,1-2H3. The number of rotatable bonds is 1. The van der Waals surface area contributed by atoms with Gasteiger partial charge in [0.15, 0.2) is 5.65 Å². The molecule has 0 aliphatic rings. The highest BCUT2D eigenvalue weighted by atomic mass is 32.1. The Balaban J connectivity index is 2.03. The summed E-state index contributed by atoms with van der Waals surface area (Å²) in [4.78, 5) is 18.1. The molecule has 3 aromatic heterocycles. The Kier molecular flexibility index (Phi) is 2.91. The van der Waals surface area contributed by atoms with E-state index in [1.54, 1.807) is 15.9 Å². The molecule has 0 saturated carbocycles. The Morgan fingerprint density at radius 3 is 2.52 bits per heavy atom. The van der Waals surface area contributed by atoms with E-state index in [1.165, 1.54) is 5.56 Å². The van der Waals surface area contributed by atoms with Crippen molar-refractivity contribution in [1.82, 2.24) is 14.2 Å². The predicted molar refractivity (Wildman–Crippen MR) is 103 cm³/mol. The maximum Gasteiger partial charge on any atom is 0.281 e. The van der Waals surface area contributed by atoms with E-state index in [4.69, 9.17) is 4.98 Å². The van der Waals surface area contributed by atoms with E-state index in [9.17, 15) is 4.79 Å². The highest BCUT2D eigenvalue weighted by Gasteiger charge is 2.17. The molecule has 0 amide bonds. The molecule has 5 heteroatoms. The summed E-state index contributed by atoms with van der Waals surface area (Å²) in [5.74, 6) is 0. The zero-order valence-electron chi connectivity index (χ0n) is 13.9. The molecular weight excluding hydrogens is 330 g/mol. The van der Waals surface area contributed by atoms with Crippen molar-refractivity contribution in [2.24, 2.45) is 0 Å². The van der Waals surface area contributed by atoms with Crippen LogP contribution in [-0.4, -0.2) is 14.2 Å². The molecule has 0 bridgehead atoms. The first-order chi connectivity index (χ1) is 12.1. The van der Waals surface area contributed by atoms with Crippen LogP contribution < -0.4 is 5.56 Å². The molecule has 0 unspecified atom stereocenters. The molecule has 25 heavy (non-hydrogen) atoms. The fourth-order valence-electron chi connectivity index (χ4n) is 3.31. The van der Waals surface area contributed by atoms with Gasteiger partial charge in [-0.2, -0.15) is 4.52 Å². The normalized spacial score (nSPS) is 11.8. The maximum atomic E-state index is 13.3.